The van der Waals surface area contributed by atoms with Crippen molar-refractivity contribution in [1.29, 1.82) is 0 Å². The van der Waals surface area contributed by atoms with Crippen molar-refractivity contribution in [3.63, 3.8) is 0 Å². The molecule has 5 nitrogen and oxygen atoms in total. The molecule has 19 heavy (non-hydrogen) atoms. The number of hydrogen-bond donors (Lipinski definition) is 2. The van der Waals surface area contributed by atoms with Crippen molar-refractivity contribution in [1.82, 2.24) is 9.97 Å². The summed E-state index contributed by atoms with van der Waals surface area (Å²) in [5.41, 5.74) is -1.66. The molecule has 0 unspecified atom stereocenters. The molecule has 1 aromatic heterocycles. The van der Waals surface area contributed by atoms with Crippen molar-refractivity contribution in [3.8, 4) is 0 Å². The molecule has 0 aliphatic rings. The number of rotatable bonds is 5. The Morgan fingerprint density at radius 2 is 1.95 bits per heavy atom. The van der Waals surface area contributed by atoms with E-state index >= 15 is 0 Å². The van der Waals surface area contributed by atoms with Crippen LogP contribution in [0.3, 0.4) is 0 Å². The van der Waals surface area contributed by atoms with Gasteiger partial charge in [-0.15, -0.1) is 0 Å². The van der Waals surface area contributed by atoms with E-state index in [0.717, 1.165) is 0 Å². The second kappa shape index (κ2) is 5.11. The summed E-state index contributed by atoms with van der Waals surface area (Å²) in [6.07, 6.45) is 1.72. The predicted octanol–water partition coefficient (Wildman–Crippen LogP) is 2.48. The van der Waals surface area contributed by atoms with Crippen LogP contribution in [0.4, 0.5) is 10.2 Å². The van der Waals surface area contributed by atoms with Gasteiger partial charge in [-0.25, -0.2) is 14.4 Å². The van der Waals surface area contributed by atoms with Crippen molar-refractivity contribution in [2.24, 2.45) is 5.41 Å². The minimum Gasteiger partial charge on any atom is -0.481 e. The first-order valence-corrected chi connectivity index (χ1v) is 6.14. The summed E-state index contributed by atoms with van der Waals surface area (Å²) in [5.74, 6) is -1.46. The summed E-state index contributed by atoms with van der Waals surface area (Å²) in [6.45, 7) is 8.37. The molecule has 0 aromatic carbocycles. The SMILES string of the molecule is CCc1ncnc(NC(C)(C)C(C)(C)C(=O)O)c1F. The number of nitrogens with zero attached hydrogens (tertiary/aromatic N) is 2. The van der Waals surface area contributed by atoms with E-state index in [1.165, 1.54) is 6.33 Å². The number of carboxylic acids is 1. The van der Waals surface area contributed by atoms with Gasteiger partial charge in [-0.1, -0.05) is 6.92 Å². The standard InChI is InChI=1S/C13H20FN3O2/c1-6-8-9(14)10(16-7-15-8)17-13(4,5)12(2,3)11(18)19/h7H,6H2,1-5H3,(H,18,19)(H,15,16,17). The van der Waals surface area contributed by atoms with Gasteiger partial charge in [0.25, 0.3) is 0 Å². The van der Waals surface area contributed by atoms with Gasteiger partial charge in [0.05, 0.1) is 11.1 Å². The smallest absolute Gasteiger partial charge is 0.311 e. The third kappa shape index (κ3) is 2.83. The zero-order valence-corrected chi connectivity index (χ0v) is 11.9. The molecule has 0 fully saturated rings. The summed E-state index contributed by atoms with van der Waals surface area (Å²) in [7, 11) is 0. The van der Waals surface area contributed by atoms with Crippen molar-refractivity contribution in [2.75, 3.05) is 5.32 Å². The van der Waals surface area contributed by atoms with Crippen LogP contribution >= 0.6 is 0 Å². The summed E-state index contributed by atoms with van der Waals surface area (Å²) >= 11 is 0. The molecule has 1 heterocycles. The Morgan fingerprint density at radius 1 is 1.37 bits per heavy atom. The van der Waals surface area contributed by atoms with Crippen LogP contribution in [0.1, 0.15) is 40.3 Å². The third-order valence-electron chi connectivity index (χ3n) is 3.72. The highest BCUT2D eigenvalue weighted by atomic mass is 19.1. The van der Waals surface area contributed by atoms with Gasteiger partial charge in [0.1, 0.15) is 6.33 Å². The lowest BCUT2D eigenvalue weighted by Crippen LogP contribution is -2.51. The van der Waals surface area contributed by atoms with Crippen molar-refractivity contribution in [3.05, 3.63) is 17.8 Å². The lowest BCUT2D eigenvalue weighted by Gasteiger charge is -2.39. The molecule has 0 radical (unpaired) electrons. The van der Waals surface area contributed by atoms with Crippen molar-refractivity contribution < 1.29 is 14.3 Å². The lowest BCUT2D eigenvalue weighted by molar-refractivity contribution is -0.149. The van der Waals surface area contributed by atoms with Crippen LogP contribution in [0.15, 0.2) is 6.33 Å². The van der Waals surface area contributed by atoms with Crippen LogP contribution in [0.5, 0.6) is 0 Å². The zero-order valence-electron chi connectivity index (χ0n) is 11.9. The van der Waals surface area contributed by atoms with Gasteiger partial charge >= 0.3 is 5.97 Å². The summed E-state index contributed by atoms with van der Waals surface area (Å²) < 4.78 is 14.1. The maximum absolute atomic E-state index is 14.1. The van der Waals surface area contributed by atoms with Crippen LogP contribution in [-0.4, -0.2) is 26.6 Å². The number of carboxylic acid groups (broad SMARTS) is 1. The van der Waals surface area contributed by atoms with Crippen molar-refractivity contribution in [2.45, 2.75) is 46.6 Å². The Morgan fingerprint density at radius 3 is 2.42 bits per heavy atom. The largest absolute Gasteiger partial charge is 0.481 e. The van der Waals surface area contributed by atoms with E-state index in [1.807, 2.05) is 0 Å². The summed E-state index contributed by atoms with van der Waals surface area (Å²) in [4.78, 5) is 19.0. The average molecular weight is 269 g/mol. The maximum Gasteiger partial charge on any atom is 0.311 e. The van der Waals surface area contributed by atoms with Gasteiger partial charge in [-0.3, -0.25) is 4.79 Å². The minimum atomic E-state index is -1.09. The van der Waals surface area contributed by atoms with Gasteiger partial charge in [0.15, 0.2) is 11.6 Å². The number of aromatic nitrogens is 2. The highest BCUT2D eigenvalue weighted by Crippen LogP contribution is 2.34. The Balaban J connectivity index is 3.12. The Hall–Kier alpha value is -1.72. The average Bonchev–Trinajstić information content (AvgIpc) is 2.31. The van der Waals surface area contributed by atoms with Crippen LogP contribution in [0.2, 0.25) is 0 Å². The fourth-order valence-electron chi connectivity index (χ4n) is 1.46. The van der Waals surface area contributed by atoms with E-state index in [0.29, 0.717) is 12.1 Å². The van der Waals surface area contributed by atoms with E-state index < -0.39 is 22.7 Å². The van der Waals surface area contributed by atoms with Gasteiger partial charge < -0.3 is 10.4 Å². The number of aliphatic carboxylic acids is 1. The highest BCUT2D eigenvalue weighted by molar-refractivity contribution is 5.76. The van der Waals surface area contributed by atoms with Crippen LogP contribution in [-0.2, 0) is 11.2 Å². The molecule has 0 amide bonds. The quantitative estimate of drug-likeness (QED) is 0.859. The van der Waals surface area contributed by atoms with Crippen LogP contribution < -0.4 is 5.32 Å². The van der Waals surface area contributed by atoms with E-state index in [1.54, 1.807) is 34.6 Å². The molecule has 0 saturated carbocycles. The monoisotopic (exact) mass is 269 g/mol. The molecule has 1 rings (SSSR count). The van der Waals surface area contributed by atoms with E-state index in [2.05, 4.69) is 15.3 Å². The van der Waals surface area contributed by atoms with Gasteiger partial charge in [0.2, 0.25) is 0 Å². The molecule has 0 atom stereocenters. The molecule has 0 bridgehead atoms. The molecular formula is C13H20FN3O2. The Kier molecular flexibility index (Phi) is 4.12. The van der Waals surface area contributed by atoms with Gasteiger partial charge in [-0.05, 0) is 34.1 Å². The Labute approximate surface area is 112 Å². The number of carbonyl (C=O) groups is 1. The number of hydrogen-bond acceptors (Lipinski definition) is 4. The number of anilines is 1. The summed E-state index contributed by atoms with van der Waals surface area (Å²) in [6, 6.07) is 0. The molecule has 0 spiro atoms. The van der Waals surface area contributed by atoms with Crippen LogP contribution in [0, 0.1) is 11.2 Å². The second-order valence-corrected chi connectivity index (χ2v) is 5.52. The normalized spacial score (nSPS) is 12.3. The molecule has 6 heteroatoms. The van der Waals surface area contributed by atoms with E-state index in [-0.39, 0.29) is 5.82 Å². The molecule has 0 saturated heterocycles. The second-order valence-electron chi connectivity index (χ2n) is 5.52. The van der Waals surface area contributed by atoms with Crippen LogP contribution in [0.25, 0.3) is 0 Å². The maximum atomic E-state index is 14.1. The highest BCUT2D eigenvalue weighted by Gasteiger charge is 2.44. The van der Waals surface area contributed by atoms with E-state index in [9.17, 15) is 14.3 Å². The van der Waals surface area contributed by atoms with Gasteiger partial charge in [-0.2, -0.15) is 0 Å². The van der Waals surface area contributed by atoms with Gasteiger partial charge in [0, 0.05) is 5.54 Å². The Bertz CT molecular complexity index is 487. The molecule has 1 aromatic rings. The first-order valence-electron chi connectivity index (χ1n) is 6.14. The third-order valence-corrected chi connectivity index (χ3v) is 3.72. The first-order chi connectivity index (χ1) is 8.63. The number of halogens is 1. The molecule has 2 N–H and O–H groups in total. The lowest BCUT2D eigenvalue weighted by atomic mass is 9.74. The number of nitrogens with one attached hydrogen (secondary N) is 1. The fraction of sp³-hybridized carbons (Fsp3) is 0.615. The summed E-state index contributed by atoms with van der Waals surface area (Å²) in [5, 5.41) is 12.1. The molecule has 0 aliphatic heterocycles. The zero-order chi connectivity index (χ0) is 14.8. The number of aryl methyl sites for hydroxylation is 1. The van der Waals surface area contributed by atoms with Crippen molar-refractivity contribution >= 4 is 11.8 Å². The van der Waals surface area contributed by atoms with E-state index in [4.69, 9.17) is 0 Å². The molecular weight excluding hydrogens is 249 g/mol. The topological polar surface area (TPSA) is 75.1 Å². The molecule has 106 valence electrons. The molecule has 0 aliphatic carbocycles. The fourth-order valence-corrected chi connectivity index (χ4v) is 1.46. The predicted molar refractivity (Wildman–Crippen MR) is 70.5 cm³/mol. The minimum absolute atomic E-state index is 0.0335. The first kappa shape index (κ1) is 15.3.